The van der Waals surface area contributed by atoms with Crippen LogP contribution in [0, 0.1) is 11.3 Å². The lowest BCUT2D eigenvalue weighted by Crippen LogP contribution is -2.31. The van der Waals surface area contributed by atoms with E-state index < -0.39 is 0 Å². The van der Waals surface area contributed by atoms with Gasteiger partial charge in [0.25, 0.3) is 0 Å². The monoisotopic (exact) mass is 327 g/mol. The fourth-order valence-corrected chi connectivity index (χ4v) is 4.48. The average Bonchev–Trinajstić information content (AvgIpc) is 3.08. The van der Waals surface area contributed by atoms with Crippen molar-refractivity contribution in [2.45, 2.75) is 25.7 Å². The van der Waals surface area contributed by atoms with Crippen molar-refractivity contribution >= 4 is 22.4 Å². The van der Waals surface area contributed by atoms with Gasteiger partial charge in [0.1, 0.15) is 0 Å². The third-order valence-electron chi connectivity index (χ3n) is 5.11. The molecule has 1 amide bonds. The number of anilines is 1. The Morgan fingerprint density at radius 1 is 1.30 bits per heavy atom. The van der Waals surface area contributed by atoms with Crippen molar-refractivity contribution in [2.24, 2.45) is 11.3 Å². The molecule has 2 aromatic rings. The highest BCUT2D eigenvalue weighted by molar-refractivity contribution is 7.15. The fraction of sp³-hybridized carbons (Fsp3) is 0.444. The molecule has 4 nitrogen and oxygen atoms in total. The van der Waals surface area contributed by atoms with Crippen molar-refractivity contribution in [3.8, 4) is 0 Å². The minimum atomic E-state index is 0.160. The maximum absolute atomic E-state index is 12.5. The quantitative estimate of drug-likeness (QED) is 0.907. The molecule has 1 spiro atoms. The van der Waals surface area contributed by atoms with E-state index in [4.69, 9.17) is 0 Å². The van der Waals surface area contributed by atoms with Crippen LogP contribution in [0.1, 0.15) is 29.7 Å². The first-order valence-corrected chi connectivity index (χ1v) is 9.07. The molecule has 1 atom stereocenters. The summed E-state index contributed by atoms with van der Waals surface area (Å²) in [6.45, 7) is 2.09. The van der Waals surface area contributed by atoms with Crippen molar-refractivity contribution in [1.82, 2.24) is 10.3 Å². The summed E-state index contributed by atoms with van der Waals surface area (Å²) >= 11 is 1.58. The Bertz CT molecular complexity index is 691. The minimum Gasteiger partial charge on any atom is -0.317 e. The Balaban J connectivity index is 1.36. The van der Waals surface area contributed by atoms with Crippen LogP contribution in [0.4, 0.5) is 5.13 Å². The van der Waals surface area contributed by atoms with Gasteiger partial charge in [0.15, 0.2) is 5.13 Å². The molecule has 1 unspecified atom stereocenters. The van der Waals surface area contributed by atoms with Crippen LogP contribution < -0.4 is 10.6 Å². The molecule has 1 aromatic heterocycles. The number of amides is 1. The van der Waals surface area contributed by atoms with Gasteiger partial charge in [-0.1, -0.05) is 30.3 Å². The highest BCUT2D eigenvalue weighted by Crippen LogP contribution is 2.58. The summed E-state index contributed by atoms with van der Waals surface area (Å²) < 4.78 is 0. The summed E-state index contributed by atoms with van der Waals surface area (Å²) in [5.74, 6) is 0.346. The average molecular weight is 327 g/mol. The molecule has 2 N–H and O–H groups in total. The predicted molar refractivity (Wildman–Crippen MR) is 92.6 cm³/mol. The lowest BCUT2D eigenvalue weighted by Gasteiger charge is -2.22. The number of piperidine rings is 1. The zero-order chi connectivity index (χ0) is 15.7. The van der Waals surface area contributed by atoms with E-state index in [1.807, 2.05) is 24.4 Å². The van der Waals surface area contributed by atoms with Crippen molar-refractivity contribution in [2.75, 3.05) is 18.4 Å². The molecule has 5 heteroatoms. The Morgan fingerprint density at radius 2 is 2.09 bits per heavy atom. The van der Waals surface area contributed by atoms with Gasteiger partial charge in [0.2, 0.25) is 5.91 Å². The highest BCUT2D eigenvalue weighted by atomic mass is 32.1. The van der Waals surface area contributed by atoms with E-state index in [-0.39, 0.29) is 17.2 Å². The smallest absolute Gasteiger partial charge is 0.229 e. The SMILES string of the molecule is O=C(Nc1ncc(Cc2ccccc2)s1)C1CC12CCNCC2. The van der Waals surface area contributed by atoms with Crippen molar-refractivity contribution in [3.05, 3.63) is 47.0 Å². The summed E-state index contributed by atoms with van der Waals surface area (Å²) in [6.07, 6.45) is 6.04. The first-order chi connectivity index (χ1) is 11.3. The van der Waals surface area contributed by atoms with Crippen LogP contribution in [0.3, 0.4) is 0 Å². The summed E-state index contributed by atoms with van der Waals surface area (Å²) in [5.41, 5.74) is 1.55. The number of rotatable bonds is 4. The lowest BCUT2D eigenvalue weighted by molar-refractivity contribution is -0.118. The van der Waals surface area contributed by atoms with Crippen molar-refractivity contribution < 1.29 is 4.79 Å². The van der Waals surface area contributed by atoms with Gasteiger partial charge in [-0.15, -0.1) is 11.3 Å². The minimum absolute atomic E-state index is 0.160. The summed E-state index contributed by atoms with van der Waals surface area (Å²) in [6, 6.07) is 10.3. The first kappa shape index (κ1) is 14.8. The molecule has 0 radical (unpaired) electrons. The van der Waals surface area contributed by atoms with E-state index in [0.29, 0.717) is 0 Å². The molecule has 0 bridgehead atoms. The molecular formula is C18H21N3OS. The van der Waals surface area contributed by atoms with Crippen LogP contribution in [0.25, 0.3) is 0 Å². The number of nitrogens with one attached hydrogen (secondary N) is 2. The first-order valence-electron chi connectivity index (χ1n) is 8.25. The van der Waals surface area contributed by atoms with E-state index in [0.717, 1.165) is 43.9 Å². The summed E-state index contributed by atoms with van der Waals surface area (Å²) in [5, 5.41) is 7.14. The molecule has 4 rings (SSSR count). The predicted octanol–water partition coefficient (Wildman–Crippen LogP) is 3.06. The van der Waals surface area contributed by atoms with Crippen LogP contribution in [0.15, 0.2) is 36.5 Å². The van der Waals surface area contributed by atoms with E-state index in [9.17, 15) is 4.79 Å². The molecule has 2 fully saturated rings. The number of carbonyl (C=O) groups excluding carboxylic acids is 1. The number of thiazole rings is 1. The van der Waals surface area contributed by atoms with E-state index in [1.54, 1.807) is 11.3 Å². The van der Waals surface area contributed by atoms with Gasteiger partial charge in [0, 0.05) is 23.4 Å². The number of nitrogens with zero attached hydrogens (tertiary/aromatic N) is 1. The molecule has 1 aliphatic heterocycles. The second-order valence-electron chi connectivity index (χ2n) is 6.65. The van der Waals surface area contributed by atoms with E-state index >= 15 is 0 Å². The largest absolute Gasteiger partial charge is 0.317 e. The normalized spacial score (nSPS) is 22.0. The van der Waals surface area contributed by atoms with Gasteiger partial charge >= 0.3 is 0 Å². The Hall–Kier alpha value is -1.72. The van der Waals surface area contributed by atoms with Crippen LogP contribution in [0.5, 0.6) is 0 Å². The van der Waals surface area contributed by atoms with Gasteiger partial charge in [-0.2, -0.15) is 0 Å². The molecular weight excluding hydrogens is 306 g/mol. The molecule has 120 valence electrons. The number of hydrogen-bond acceptors (Lipinski definition) is 4. The molecule has 1 saturated carbocycles. The Morgan fingerprint density at radius 3 is 2.87 bits per heavy atom. The molecule has 2 aliphatic rings. The Labute approximate surface area is 140 Å². The van der Waals surface area contributed by atoms with Crippen molar-refractivity contribution in [3.63, 3.8) is 0 Å². The molecule has 1 aromatic carbocycles. The summed E-state index contributed by atoms with van der Waals surface area (Å²) in [4.78, 5) is 18.0. The molecule has 1 saturated heterocycles. The fourth-order valence-electron chi connectivity index (χ4n) is 3.63. The third-order valence-corrected chi connectivity index (χ3v) is 6.02. The zero-order valence-electron chi connectivity index (χ0n) is 13.0. The van der Waals surface area contributed by atoms with Gasteiger partial charge in [0.05, 0.1) is 0 Å². The molecule has 23 heavy (non-hydrogen) atoms. The topological polar surface area (TPSA) is 54.0 Å². The van der Waals surface area contributed by atoms with Gasteiger partial charge < -0.3 is 10.6 Å². The standard InChI is InChI=1S/C18H21N3OS/c22-16(15-11-18(15)6-8-19-9-7-18)21-17-20-12-14(23-17)10-13-4-2-1-3-5-13/h1-5,12,15,19H,6-11H2,(H,20,21,22). The second-order valence-corrected chi connectivity index (χ2v) is 7.77. The van der Waals surface area contributed by atoms with Crippen LogP contribution >= 0.6 is 11.3 Å². The highest BCUT2D eigenvalue weighted by Gasteiger charge is 2.57. The zero-order valence-corrected chi connectivity index (χ0v) is 13.9. The molecule has 2 heterocycles. The van der Waals surface area contributed by atoms with E-state index in [1.165, 1.54) is 10.4 Å². The Kier molecular flexibility index (Phi) is 3.91. The van der Waals surface area contributed by atoms with Crippen molar-refractivity contribution in [1.29, 1.82) is 0 Å². The third kappa shape index (κ3) is 3.16. The number of hydrogen-bond donors (Lipinski definition) is 2. The summed E-state index contributed by atoms with van der Waals surface area (Å²) in [7, 11) is 0. The van der Waals surface area contributed by atoms with E-state index in [2.05, 4.69) is 27.8 Å². The maximum Gasteiger partial charge on any atom is 0.229 e. The molecule has 1 aliphatic carbocycles. The van der Waals surface area contributed by atoms with Gasteiger partial charge in [-0.25, -0.2) is 4.98 Å². The van der Waals surface area contributed by atoms with Gasteiger partial charge in [-0.05, 0) is 43.3 Å². The van der Waals surface area contributed by atoms with Crippen LogP contribution in [-0.2, 0) is 11.2 Å². The number of benzene rings is 1. The second kappa shape index (κ2) is 6.06. The lowest BCUT2D eigenvalue weighted by atomic mass is 9.92. The number of carbonyl (C=O) groups is 1. The maximum atomic E-state index is 12.5. The number of aromatic nitrogens is 1. The van der Waals surface area contributed by atoms with Crippen LogP contribution in [-0.4, -0.2) is 24.0 Å². The van der Waals surface area contributed by atoms with Crippen LogP contribution in [0.2, 0.25) is 0 Å². The van der Waals surface area contributed by atoms with Gasteiger partial charge in [-0.3, -0.25) is 4.79 Å².